The summed E-state index contributed by atoms with van der Waals surface area (Å²) < 4.78 is 5.00. The van der Waals surface area contributed by atoms with Crippen molar-refractivity contribution >= 4 is 0 Å². The highest BCUT2D eigenvalue weighted by molar-refractivity contribution is 4.85. The van der Waals surface area contributed by atoms with Gasteiger partial charge in [0, 0.05) is 5.92 Å². The van der Waals surface area contributed by atoms with E-state index in [1.54, 1.807) is 0 Å². The van der Waals surface area contributed by atoms with Crippen molar-refractivity contribution in [2.45, 2.75) is 53.9 Å². The number of hydrogen-bond acceptors (Lipinski definition) is 1. The van der Waals surface area contributed by atoms with Gasteiger partial charge in [0.1, 0.15) is 0 Å². The minimum Gasteiger partial charge on any atom is -0.381 e. The summed E-state index contributed by atoms with van der Waals surface area (Å²) in [5.41, 5.74) is 0.722. The van der Waals surface area contributed by atoms with Crippen LogP contribution in [0.1, 0.15) is 53.9 Å². The molecule has 1 aliphatic carbocycles. The molecule has 2 aliphatic rings. The molecule has 90 valence electrons. The Balaban J connectivity index is 0.000000151. The Hall–Kier alpha value is -0.0400. The van der Waals surface area contributed by atoms with Gasteiger partial charge in [-0.3, -0.25) is 0 Å². The third-order valence-corrected chi connectivity index (χ3v) is 4.50. The van der Waals surface area contributed by atoms with Gasteiger partial charge in [0.2, 0.25) is 0 Å². The molecular formula is C14H28O. The topological polar surface area (TPSA) is 9.23 Å². The van der Waals surface area contributed by atoms with Crippen molar-refractivity contribution < 1.29 is 4.74 Å². The standard InChI is InChI=1S/C8H16.C6H12O/c1-7(2)8(3)5-4-6-8;1-5(2)6-3-7-4-6/h7H,4-6H2,1-3H3;5-6H,3-4H2,1-2H3. The van der Waals surface area contributed by atoms with Crippen LogP contribution in [-0.4, -0.2) is 13.2 Å². The van der Waals surface area contributed by atoms with Crippen LogP contribution in [0.3, 0.4) is 0 Å². The smallest absolute Gasteiger partial charge is 0.0518 e. The van der Waals surface area contributed by atoms with Crippen LogP contribution in [0.15, 0.2) is 0 Å². The lowest BCUT2D eigenvalue weighted by molar-refractivity contribution is -0.0534. The second-order valence-electron chi connectivity index (χ2n) is 6.20. The Bertz CT molecular complexity index is 176. The first-order chi connectivity index (χ1) is 6.96. The molecule has 0 aromatic rings. The highest BCUT2D eigenvalue weighted by Gasteiger charge is 2.34. The third-order valence-electron chi connectivity index (χ3n) is 4.50. The summed E-state index contributed by atoms with van der Waals surface area (Å²) in [4.78, 5) is 0. The van der Waals surface area contributed by atoms with Crippen molar-refractivity contribution in [3.05, 3.63) is 0 Å². The van der Waals surface area contributed by atoms with Crippen LogP contribution in [0, 0.1) is 23.2 Å². The van der Waals surface area contributed by atoms with E-state index in [0.29, 0.717) is 0 Å². The van der Waals surface area contributed by atoms with E-state index in [9.17, 15) is 0 Å². The van der Waals surface area contributed by atoms with Crippen molar-refractivity contribution in [2.24, 2.45) is 23.2 Å². The molecule has 0 unspecified atom stereocenters. The van der Waals surface area contributed by atoms with E-state index in [0.717, 1.165) is 36.4 Å². The van der Waals surface area contributed by atoms with Gasteiger partial charge in [-0.05, 0) is 30.1 Å². The van der Waals surface area contributed by atoms with Crippen LogP contribution in [0.2, 0.25) is 0 Å². The summed E-state index contributed by atoms with van der Waals surface area (Å²) in [7, 11) is 0. The number of hydrogen-bond donors (Lipinski definition) is 0. The zero-order valence-corrected chi connectivity index (χ0v) is 11.2. The average molecular weight is 212 g/mol. The maximum atomic E-state index is 5.00. The van der Waals surface area contributed by atoms with E-state index in [1.165, 1.54) is 19.3 Å². The molecule has 1 heterocycles. The summed E-state index contributed by atoms with van der Waals surface area (Å²) in [5.74, 6) is 2.59. The van der Waals surface area contributed by atoms with Gasteiger partial charge in [-0.1, -0.05) is 41.0 Å². The molecular weight excluding hydrogens is 184 g/mol. The highest BCUT2D eigenvalue weighted by Crippen LogP contribution is 2.46. The fourth-order valence-electron chi connectivity index (χ4n) is 1.95. The maximum absolute atomic E-state index is 5.00. The predicted octanol–water partition coefficient (Wildman–Crippen LogP) is 4.12. The average Bonchev–Trinajstić information content (AvgIpc) is 1.96. The molecule has 0 atom stereocenters. The van der Waals surface area contributed by atoms with Gasteiger partial charge in [0.15, 0.2) is 0 Å². The van der Waals surface area contributed by atoms with Crippen LogP contribution < -0.4 is 0 Å². The second-order valence-corrected chi connectivity index (χ2v) is 6.20. The quantitative estimate of drug-likeness (QED) is 0.669. The largest absolute Gasteiger partial charge is 0.381 e. The Labute approximate surface area is 95.6 Å². The van der Waals surface area contributed by atoms with Crippen molar-refractivity contribution in [1.29, 1.82) is 0 Å². The molecule has 2 rings (SSSR count). The Morgan fingerprint density at radius 3 is 1.60 bits per heavy atom. The molecule has 2 fully saturated rings. The van der Waals surface area contributed by atoms with Crippen molar-refractivity contribution in [1.82, 2.24) is 0 Å². The van der Waals surface area contributed by atoms with Gasteiger partial charge in [0.25, 0.3) is 0 Å². The van der Waals surface area contributed by atoms with Crippen LogP contribution in [0.4, 0.5) is 0 Å². The summed E-state index contributed by atoms with van der Waals surface area (Å²) in [6.45, 7) is 13.6. The Morgan fingerprint density at radius 1 is 1.07 bits per heavy atom. The normalized spacial score (nSPS) is 24.2. The molecule has 15 heavy (non-hydrogen) atoms. The highest BCUT2D eigenvalue weighted by atomic mass is 16.5. The molecule has 1 aliphatic heterocycles. The minimum absolute atomic E-state index is 0.722. The monoisotopic (exact) mass is 212 g/mol. The van der Waals surface area contributed by atoms with Crippen LogP contribution in [0.5, 0.6) is 0 Å². The molecule has 0 spiro atoms. The van der Waals surface area contributed by atoms with E-state index in [-0.39, 0.29) is 0 Å². The molecule has 1 saturated heterocycles. The zero-order chi connectivity index (χ0) is 11.5. The summed E-state index contributed by atoms with van der Waals surface area (Å²) in [5, 5.41) is 0. The summed E-state index contributed by atoms with van der Waals surface area (Å²) in [6, 6.07) is 0. The molecule has 1 nitrogen and oxygen atoms in total. The van der Waals surface area contributed by atoms with Crippen molar-refractivity contribution in [2.75, 3.05) is 13.2 Å². The lowest BCUT2D eigenvalue weighted by Gasteiger charge is -2.42. The molecule has 0 N–H and O–H groups in total. The van der Waals surface area contributed by atoms with E-state index < -0.39 is 0 Å². The molecule has 0 aromatic heterocycles. The SMILES string of the molecule is CC(C)C1(C)CCC1.CC(C)C1COC1. The fraction of sp³-hybridized carbons (Fsp3) is 1.00. The number of ether oxygens (including phenoxy) is 1. The molecule has 0 bridgehead atoms. The molecule has 0 radical (unpaired) electrons. The lowest BCUT2D eigenvalue weighted by atomic mass is 9.64. The van der Waals surface area contributed by atoms with Crippen molar-refractivity contribution in [3.63, 3.8) is 0 Å². The predicted molar refractivity (Wildman–Crippen MR) is 65.9 cm³/mol. The van der Waals surface area contributed by atoms with Crippen LogP contribution >= 0.6 is 0 Å². The van der Waals surface area contributed by atoms with Gasteiger partial charge < -0.3 is 4.74 Å². The van der Waals surface area contributed by atoms with E-state index in [2.05, 4.69) is 34.6 Å². The maximum Gasteiger partial charge on any atom is 0.0518 e. The first kappa shape index (κ1) is 13.0. The second kappa shape index (κ2) is 5.34. The van der Waals surface area contributed by atoms with Gasteiger partial charge in [0.05, 0.1) is 13.2 Å². The van der Waals surface area contributed by atoms with Gasteiger partial charge in [-0.25, -0.2) is 0 Å². The van der Waals surface area contributed by atoms with Gasteiger partial charge >= 0.3 is 0 Å². The summed E-state index contributed by atoms with van der Waals surface area (Å²) in [6.07, 6.45) is 4.39. The minimum atomic E-state index is 0.722. The van der Waals surface area contributed by atoms with E-state index >= 15 is 0 Å². The molecule has 0 amide bonds. The van der Waals surface area contributed by atoms with E-state index in [1.807, 2.05) is 0 Å². The molecule has 1 heteroatoms. The Morgan fingerprint density at radius 2 is 1.60 bits per heavy atom. The van der Waals surface area contributed by atoms with Crippen LogP contribution in [0.25, 0.3) is 0 Å². The summed E-state index contributed by atoms with van der Waals surface area (Å²) >= 11 is 0. The fourth-order valence-corrected chi connectivity index (χ4v) is 1.95. The third kappa shape index (κ3) is 3.48. The first-order valence-electron chi connectivity index (χ1n) is 6.53. The van der Waals surface area contributed by atoms with Gasteiger partial charge in [-0.15, -0.1) is 0 Å². The zero-order valence-electron chi connectivity index (χ0n) is 11.2. The number of rotatable bonds is 2. The van der Waals surface area contributed by atoms with Crippen molar-refractivity contribution in [3.8, 4) is 0 Å². The molecule has 0 aromatic carbocycles. The molecule has 1 saturated carbocycles. The first-order valence-corrected chi connectivity index (χ1v) is 6.53. The Kier molecular flexibility index (Phi) is 4.64. The van der Waals surface area contributed by atoms with Gasteiger partial charge in [-0.2, -0.15) is 0 Å². The lowest BCUT2D eigenvalue weighted by Crippen LogP contribution is -2.31. The van der Waals surface area contributed by atoms with Crippen LogP contribution in [-0.2, 0) is 4.74 Å². The van der Waals surface area contributed by atoms with E-state index in [4.69, 9.17) is 4.74 Å².